The maximum atomic E-state index is 8.85. The fraction of sp³-hybridized carbons (Fsp3) is 0.636. The highest BCUT2D eigenvalue weighted by atomic mass is 16.3. The van der Waals surface area contributed by atoms with E-state index >= 15 is 0 Å². The number of aliphatic hydroxyl groups excluding tert-OH is 1. The predicted molar refractivity (Wildman–Crippen MR) is 60.7 cm³/mol. The van der Waals surface area contributed by atoms with Gasteiger partial charge in [-0.3, -0.25) is 4.98 Å². The van der Waals surface area contributed by atoms with E-state index in [0.717, 1.165) is 5.82 Å². The number of aliphatic hydroxyl groups is 1. The Labute approximate surface area is 91.0 Å². The van der Waals surface area contributed by atoms with Crippen LogP contribution in [0.15, 0.2) is 12.4 Å². The molecule has 1 aromatic rings. The van der Waals surface area contributed by atoms with Crippen molar-refractivity contribution < 1.29 is 5.11 Å². The lowest BCUT2D eigenvalue weighted by molar-refractivity contribution is 0.276. The van der Waals surface area contributed by atoms with Gasteiger partial charge in [0.2, 0.25) is 0 Å². The predicted octanol–water partition coefficient (Wildman–Crippen LogP) is 1.45. The topological polar surface area (TPSA) is 49.2 Å². The van der Waals surface area contributed by atoms with Crippen LogP contribution in [0.25, 0.3) is 0 Å². The molecule has 0 aliphatic rings. The third-order valence-corrected chi connectivity index (χ3v) is 2.79. The van der Waals surface area contributed by atoms with Gasteiger partial charge in [-0.2, -0.15) is 0 Å². The molecule has 1 atom stereocenters. The van der Waals surface area contributed by atoms with Gasteiger partial charge in [0.05, 0.1) is 24.7 Å². The van der Waals surface area contributed by atoms with E-state index in [1.807, 2.05) is 7.05 Å². The first-order chi connectivity index (χ1) is 7.06. The van der Waals surface area contributed by atoms with Crippen LogP contribution in [0.5, 0.6) is 0 Å². The van der Waals surface area contributed by atoms with Gasteiger partial charge in [-0.05, 0) is 12.8 Å². The second kappa shape index (κ2) is 5.07. The Hall–Kier alpha value is -1.16. The molecular weight excluding hydrogens is 190 g/mol. The second-order valence-corrected chi connectivity index (χ2v) is 4.12. The van der Waals surface area contributed by atoms with Crippen LogP contribution in [0.2, 0.25) is 0 Å². The van der Waals surface area contributed by atoms with Crippen molar-refractivity contribution >= 4 is 5.82 Å². The van der Waals surface area contributed by atoms with E-state index < -0.39 is 0 Å². The lowest BCUT2D eigenvalue weighted by Crippen LogP contribution is -2.33. The minimum atomic E-state index is -0.0588. The normalized spacial score (nSPS) is 12.9. The van der Waals surface area contributed by atoms with E-state index in [2.05, 4.69) is 35.6 Å². The summed E-state index contributed by atoms with van der Waals surface area (Å²) in [4.78, 5) is 10.5. The molecule has 0 amide bonds. The molecule has 1 rings (SSSR count). The molecule has 0 spiro atoms. The first-order valence-electron chi connectivity index (χ1n) is 5.21. The minimum absolute atomic E-state index is 0.0588. The van der Waals surface area contributed by atoms with Crippen molar-refractivity contribution in [3.05, 3.63) is 18.1 Å². The van der Waals surface area contributed by atoms with Crippen molar-refractivity contribution in [1.29, 1.82) is 0 Å². The lowest BCUT2D eigenvalue weighted by Gasteiger charge is -2.28. The Morgan fingerprint density at radius 3 is 2.33 bits per heavy atom. The zero-order valence-corrected chi connectivity index (χ0v) is 9.81. The maximum absolute atomic E-state index is 8.85. The van der Waals surface area contributed by atoms with Crippen molar-refractivity contribution in [3.8, 4) is 0 Å². The molecule has 1 aromatic heterocycles. The van der Waals surface area contributed by atoms with Gasteiger partial charge in [0.1, 0.15) is 5.82 Å². The molecule has 0 aliphatic heterocycles. The van der Waals surface area contributed by atoms with E-state index in [1.54, 1.807) is 12.4 Å². The monoisotopic (exact) mass is 209 g/mol. The smallest absolute Gasteiger partial charge is 0.147 e. The Morgan fingerprint density at radius 2 is 1.93 bits per heavy atom. The molecule has 0 bridgehead atoms. The maximum Gasteiger partial charge on any atom is 0.147 e. The SMILES string of the molecule is CC(C)C(C)N(C)c1cnc(CO)cn1. The largest absolute Gasteiger partial charge is 0.390 e. The van der Waals surface area contributed by atoms with E-state index in [-0.39, 0.29) is 6.61 Å². The highest BCUT2D eigenvalue weighted by molar-refractivity contribution is 5.35. The Morgan fingerprint density at radius 1 is 1.27 bits per heavy atom. The molecule has 0 saturated heterocycles. The lowest BCUT2D eigenvalue weighted by atomic mass is 10.1. The Balaban J connectivity index is 2.78. The fourth-order valence-electron chi connectivity index (χ4n) is 1.27. The number of rotatable bonds is 4. The van der Waals surface area contributed by atoms with Crippen LogP contribution in [0.1, 0.15) is 26.5 Å². The van der Waals surface area contributed by atoms with E-state index in [1.165, 1.54) is 0 Å². The average Bonchev–Trinajstić information content (AvgIpc) is 2.27. The van der Waals surface area contributed by atoms with Gasteiger partial charge >= 0.3 is 0 Å². The number of anilines is 1. The summed E-state index contributed by atoms with van der Waals surface area (Å²) in [7, 11) is 2.01. The first kappa shape index (κ1) is 11.9. The molecule has 84 valence electrons. The quantitative estimate of drug-likeness (QED) is 0.815. The molecule has 1 N–H and O–H groups in total. The number of hydrogen-bond acceptors (Lipinski definition) is 4. The zero-order chi connectivity index (χ0) is 11.4. The van der Waals surface area contributed by atoms with Crippen molar-refractivity contribution in [2.45, 2.75) is 33.4 Å². The third-order valence-electron chi connectivity index (χ3n) is 2.79. The summed E-state index contributed by atoms with van der Waals surface area (Å²) < 4.78 is 0. The van der Waals surface area contributed by atoms with E-state index in [0.29, 0.717) is 17.7 Å². The standard InChI is InChI=1S/C11H19N3O/c1-8(2)9(3)14(4)11-6-12-10(7-15)5-13-11/h5-6,8-9,15H,7H2,1-4H3. The molecule has 0 aromatic carbocycles. The van der Waals surface area contributed by atoms with Gasteiger partial charge < -0.3 is 10.0 Å². The number of hydrogen-bond donors (Lipinski definition) is 1. The van der Waals surface area contributed by atoms with E-state index in [4.69, 9.17) is 5.11 Å². The van der Waals surface area contributed by atoms with Gasteiger partial charge in [0.15, 0.2) is 0 Å². The van der Waals surface area contributed by atoms with Crippen molar-refractivity contribution in [2.24, 2.45) is 5.92 Å². The van der Waals surface area contributed by atoms with Gasteiger partial charge in [-0.15, -0.1) is 0 Å². The summed E-state index contributed by atoms with van der Waals surface area (Å²) >= 11 is 0. The van der Waals surface area contributed by atoms with Gasteiger partial charge in [0.25, 0.3) is 0 Å². The fourth-order valence-corrected chi connectivity index (χ4v) is 1.27. The molecule has 15 heavy (non-hydrogen) atoms. The first-order valence-corrected chi connectivity index (χ1v) is 5.21. The van der Waals surface area contributed by atoms with Crippen LogP contribution in [0.3, 0.4) is 0 Å². The average molecular weight is 209 g/mol. The molecule has 0 saturated carbocycles. The second-order valence-electron chi connectivity index (χ2n) is 4.12. The molecule has 0 radical (unpaired) electrons. The molecule has 0 aliphatic carbocycles. The van der Waals surface area contributed by atoms with Crippen LogP contribution >= 0.6 is 0 Å². The zero-order valence-electron chi connectivity index (χ0n) is 9.81. The molecule has 4 heteroatoms. The van der Waals surface area contributed by atoms with Crippen LogP contribution in [-0.2, 0) is 6.61 Å². The Bertz CT molecular complexity index is 297. The highest BCUT2D eigenvalue weighted by Crippen LogP contribution is 2.15. The van der Waals surface area contributed by atoms with E-state index in [9.17, 15) is 0 Å². The summed E-state index contributed by atoms with van der Waals surface area (Å²) in [5, 5.41) is 8.85. The molecule has 0 fully saturated rings. The molecular formula is C11H19N3O. The van der Waals surface area contributed by atoms with Crippen molar-refractivity contribution in [2.75, 3.05) is 11.9 Å². The van der Waals surface area contributed by atoms with Crippen LogP contribution in [0.4, 0.5) is 5.82 Å². The summed E-state index contributed by atoms with van der Waals surface area (Å²) in [5.41, 5.74) is 0.601. The van der Waals surface area contributed by atoms with Gasteiger partial charge in [-0.1, -0.05) is 13.8 Å². The summed E-state index contributed by atoms with van der Waals surface area (Å²) in [5.74, 6) is 1.41. The summed E-state index contributed by atoms with van der Waals surface area (Å²) in [6.45, 7) is 6.45. The molecule has 1 heterocycles. The minimum Gasteiger partial charge on any atom is -0.390 e. The van der Waals surface area contributed by atoms with Crippen LogP contribution in [-0.4, -0.2) is 28.2 Å². The summed E-state index contributed by atoms with van der Waals surface area (Å²) in [6, 6.07) is 0.416. The van der Waals surface area contributed by atoms with Crippen LogP contribution in [0, 0.1) is 5.92 Å². The third kappa shape index (κ3) is 2.89. The van der Waals surface area contributed by atoms with Crippen molar-refractivity contribution in [3.63, 3.8) is 0 Å². The van der Waals surface area contributed by atoms with Gasteiger partial charge in [0, 0.05) is 13.1 Å². The van der Waals surface area contributed by atoms with Crippen molar-refractivity contribution in [1.82, 2.24) is 9.97 Å². The van der Waals surface area contributed by atoms with Crippen LogP contribution < -0.4 is 4.90 Å². The number of aromatic nitrogens is 2. The molecule has 1 unspecified atom stereocenters. The highest BCUT2D eigenvalue weighted by Gasteiger charge is 2.14. The Kier molecular flexibility index (Phi) is 4.03. The summed E-state index contributed by atoms with van der Waals surface area (Å²) in [6.07, 6.45) is 3.31. The molecule has 4 nitrogen and oxygen atoms in total. The van der Waals surface area contributed by atoms with Gasteiger partial charge in [-0.25, -0.2) is 4.98 Å². The number of nitrogens with zero attached hydrogens (tertiary/aromatic N) is 3.